The van der Waals surface area contributed by atoms with E-state index in [4.69, 9.17) is 4.74 Å². The fourth-order valence-corrected chi connectivity index (χ4v) is 2.44. The van der Waals surface area contributed by atoms with Crippen molar-refractivity contribution in [2.24, 2.45) is 5.92 Å². The summed E-state index contributed by atoms with van der Waals surface area (Å²) in [6.45, 7) is 2.24. The largest absolute Gasteiger partial charge is 0.381 e. The van der Waals surface area contributed by atoms with Gasteiger partial charge in [-0.05, 0) is 41.8 Å². The van der Waals surface area contributed by atoms with Crippen LogP contribution in [0.1, 0.15) is 16.8 Å². The van der Waals surface area contributed by atoms with Gasteiger partial charge in [-0.25, -0.2) is 0 Å². The minimum Gasteiger partial charge on any atom is -0.381 e. The van der Waals surface area contributed by atoms with Gasteiger partial charge >= 0.3 is 0 Å². The molecule has 1 fully saturated rings. The smallest absolute Gasteiger partial charge is 0.251 e. The van der Waals surface area contributed by atoms with Crippen molar-refractivity contribution in [3.8, 4) is 11.1 Å². The first-order valence-corrected chi connectivity index (χ1v) is 7.19. The van der Waals surface area contributed by atoms with Crippen LogP contribution >= 0.6 is 0 Å². The van der Waals surface area contributed by atoms with Crippen LogP contribution in [0.4, 0.5) is 0 Å². The summed E-state index contributed by atoms with van der Waals surface area (Å²) in [5.41, 5.74) is 2.87. The Morgan fingerprint density at radius 3 is 2.52 bits per heavy atom. The summed E-state index contributed by atoms with van der Waals surface area (Å²) in [5, 5.41) is 2.97. The van der Waals surface area contributed by atoms with E-state index in [0.29, 0.717) is 18.0 Å². The molecule has 1 aliphatic heterocycles. The van der Waals surface area contributed by atoms with E-state index in [-0.39, 0.29) is 5.91 Å². The van der Waals surface area contributed by atoms with Gasteiger partial charge in [0.05, 0.1) is 6.61 Å². The van der Waals surface area contributed by atoms with E-state index >= 15 is 0 Å². The molecule has 3 rings (SSSR count). The maximum atomic E-state index is 12.1. The first-order valence-electron chi connectivity index (χ1n) is 7.19. The number of nitrogens with one attached hydrogen (secondary N) is 1. The van der Waals surface area contributed by atoms with Crippen LogP contribution in [0.3, 0.4) is 0 Å². The van der Waals surface area contributed by atoms with E-state index in [9.17, 15) is 4.79 Å². The highest BCUT2D eigenvalue weighted by Gasteiger charge is 2.16. The number of pyridine rings is 1. The third-order valence-electron chi connectivity index (χ3n) is 3.74. The molecule has 2 aromatic rings. The molecule has 1 N–H and O–H groups in total. The van der Waals surface area contributed by atoms with E-state index in [0.717, 1.165) is 30.8 Å². The lowest BCUT2D eigenvalue weighted by molar-refractivity contribution is 0.0945. The first kappa shape index (κ1) is 13.8. The first-order chi connectivity index (χ1) is 10.3. The van der Waals surface area contributed by atoms with Crippen LogP contribution in [0.25, 0.3) is 11.1 Å². The summed E-state index contributed by atoms with van der Waals surface area (Å²) in [4.78, 5) is 16.1. The van der Waals surface area contributed by atoms with Gasteiger partial charge in [0.2, 0.25) is 0 Å². The SMILES string of the molecule is O=C(NC[C@@H]1CCOC1)c1ccc(-c2ccncc2)cc1. The Kier molecular flexibility index (Phi) is 4.26. The standard InChI is InChI=1S/C17H18N2O2/c20-17(19-11-13-7-10-21-12-13)16-3-1-14(2-4-16)15-5-8-18-9-6-15/h1-6,8-9,13H,7,10-12H2,(H,19,20)/t13-/m0/s1. The molecule has 0 spiro atoms. The number of nitrogens with zero attached hydrogens (tertiary/aromatic N) is 1. The molecule has 21 heavy (non-hydrogen) atoms. The van der Waals surface area contributed by atoms with E-state index < -0.39 is 0 Å². The van der Waals surface area contributed by atoms with Crippen LogP contribution in [0, 0.1) is 5.92 Å². The Morgan fingerprint density at radius 1 is 1.14 bits per heavy atom. The highest BCUT2D eigenvalue weighted by molar-refractivity contribution is 5.94. The molecule has 0 radical (unpaired) electrons. The Balaban J connectivity index is 1.62. The van der Waals surface area contributed by atoms with E-state index in [1.165, 1.54) is 0 Å². The lowest BCUT2D eigenvalue weighted by atomic mass is 10.0. The zero-order valence-corrected chi connectivity index (χ0v) is 11.8. The molecular weight excluding hydrogens is 264 g/mol. The summed E-state index contributed by atoms with van der Waals surface area (Å²) >= 11 is 0. The van der Waals surface area contributed by atoms with E-state index in [2.05, 4.69) is 10.3 Å². The molecule has 1 aromatic carbocycles. The molecule has 1 saturated heterocycles. The normalized spacial score (nSPS) is 17.6. The second-order valence-electron chi connectivity index (χ2n) is 5.25. The summed E-state index contributed by atoms with van der Waals surface area (Å²) in [6.07, 6.45) is 4.56. The fraction of sp³-hybridized carbons (Fsp3) is 0.294. The Morgan fingerprint density at radius 2 is 1.86 bits per heavy atom. The molecule has 4 nitrogen and oxygen atoms in total. The molecule has 0 aliphatic carbocycles. The molecule has 1 aliphatic rings. The van der Waals surface area contributed by atoms with Crippen molar-refractivity contribution < 1.29 is 9.53 Å². The fourth-order valence-electron chi connectivity index (χ4n) is 2.44. The van der Waals surface area contributed by atoms with Crippen LogP contribution in [0.2, 0.25) is 0 Å². The van der Waals surface area contributed by atoms with Crippen molar-refractivity contribution in [3.63, 3.8) is 0 Å². The average molecular weight is 282 g/mol. The molecule has 0 bridgehead atoms. The Labute approximate surface area is 124 Å². The van der Waals surface area contributed by atoms with Gasteiger partial charge in [0.1, 0.15) is 0 Å². The van der Waals surface area contributed by atoms with Gasteiger partial charge in [-0.3, -0.25) is 9.78 Å². The minimum absolute atomic E-state index is 0.0248. The van der Waals surface area contributed by atoms with Crippen molar-refractivity contribution in [3.05, 3.63) is 54.4 Å². The van der Waals surface area contributed by atoms with Crippen molar-refractivity contribution in [1.29, 1.82) is 0 Å². The van der Waals surface area contributed by atoms with Crippen molar-refractivity contribution in [2.75, 3.05) is 19.8 Å². The van der Waals surface area contributed by atoms with Crippen LogP contribution in [0.5, 0.6) is 0 Å². The molecule has 2 heterocycles. The van der Waals surface area contributed by atoms with Crippen LogP contribution in [0.15, 0.2) is 48.8 Å². The van der Waals surface area contributed by atoms with Crippen molar-refractivity contribution in [1.82, 2.24) is 10.3 Å². The molecule has 108 valence electrons. The monoisotopic (exact) mass is 282 g/mol. The number of benzene rings is 1. The molecular formula is C17H18N2O2. The van der Waals surface area contributed by atoms with Gasteiger partial charge in [-0.1, -0.05) is 12.1 Å². The number of aromatic nitrogens is 1. The molecule has 0 saturated carbocycles. The Bertz CT molecular complexity index is 590. The maximum Gasteiger partial charge on any atom is 0.251 e. The van der Waals surface area contributed by atoms with Gasteiger partial charge in [-0.2, -0.15) is 0 Å². The van der Waals surface area contributed by atoms with Gasteiger partial charge < -0.3 is 10.1 Å². The van der Waals surface area contributed by atoms with Crippen molar-refractivity contribution >= 4 is 5.91 Å². The number of carbonyl (C=O) groups excluding carboxylic acids is 1. The van der Waals surface area contributed by atoms with Crippen LogP contribution < -0.4 is 5.32 Å². The zero-order valence-electron chi connectivity index (χ0n) is 11.8. The number of ether oxygens (including phenoxy) is 1. The van der Waals surface area contributed by atoms with Crippen LogP contribution in [-0.2, 0) is 4.74 Å². The Hall–Kier alpha value is -2.20. The van der Waals surface area contributed by atoms with Gasteiger partial charge in [0, 0.05) is 37.0 Å². The molecule has 4 heteroatoms. The maximum absolute atomic E-state index is 12.1. The topological polar surface area (TPSA) is 51.2 Å². The summed E-state index contributed by atoms with van der Waals surface area (Å²) < 4.78 is 5.30. The van der Waals surface area contributed by atoms with Crippen molar-refractivity contribution in [2.45, 2.75) is 6.42 Å². The highest BCUT2D eigenvalue weighted by Crippen LogP contribution is 2.18. The number of amides is 1. The number of hydrogen-bond acceptors (Lipinski definition) is 3. The summed E-state index contributed by atoms with van der Waals surface area (Å²) in [7, 11) is 0. The molecule has 1 atom stereocenters. The molecule has 0 unspecified atom stereocenters. The van der Waals surface area contributed by atoms with Crippen LogP contribution in [-0.4, -0.2) is 30.6 Å². The second-order valence-corrected chi connectivity index (χ2v) is 5.25. The van der Waals surface area contributed by atoms with Gasteiger partial charge in [0.15, 0.2) is 0 Å². The number of hydrogen-bond donors (Lipinski definition) is 1. The average Bonchev–Trinajstić information content (AvgIpc) is 3.07. The van der Waals surface area contributed by atoms with Gasteiger partial charge in [-0.15, -0.1) is 0 Å². The predicted molar refractivity (Wildman–Crippen MR) is 80.9 cm³/mol. The summed E-state index contributed by atoms with van der Waals surface area (Å²) in [6, 6.07) is 11.5. The minimum atomic E-state index is -0.0248. The third kappa shape index (κ3) is 3.47. The predicted octanol–water partition coefficient (Wildman–Crippen LogP) is 2.51. The molecule has 1 aromatic heterocycles. The summed E-state index contributed by atoms with van der Waals surface area (Å²) in [5.74, 6) is 0.424. The number of rotatable bonds is 4. The van der Waals surface area contributed by atoms with E-state index in [1.807, 2.05) is 36.4 Å². The molecule has 1 amide bonds. The van der Waals surface area contributed by atoms with Gasteiger partial charge in [0.25, 0.3) is 5.91 Å². The lowest BCUT2D eigenvalue weighted by Crippen LogP contribution is -2.29. The zero-order chi connectivity index (χ0) is 14.5. The third-order valence-corrected chi connectivity index (χ3v) is 3.74. The number of carbonyl (C=O) groups is 1. The highest BCUT2D eigenvalue weighted by atomic mass is 16.5. The quantitative estimate of drug-likeness (QED) is 0.937. The lowest BCUT2D eigenvalue weighted by Gasteiger charge is -2.10. The second kappa shape index (κ2) is 6.50. The van der Waals surface area contributed by atoms with E-state index in [1.54, 1.807) is 12.4 Å².